The van der Waals surface area contributed by atoms with Crippen LogP contribution >= 0.6 is 0 Å². The van der Waals surface area contributed by atoms with Gasteiger partial charge in [-0.25, -0.2) is 0 Å². The van der Waals surface area contributed by atoms with Crippen LogP contribution in [-0.4, -0.2) is 49.3 Å². The zero-order chi connectivity index (χ0) is 20.1. The molecule has 0 aromatic heterocycles. The van der Waals surface area contributed by atoms with E-state index in [2.05, 4.69) is 42.3 Å². The first-order valence-electron chi connectivity index (χ1n) is 9.89. The van der Waals surface area contributed by atoms with E-state index in [1.807, 2.05) is 23.1 Å². The van der Waals surface area contributed by atoms with Gasteiger partial charge in [0.15, 0.2) is 5.78 Å². The molecule has 1 aliphatic rings. The number of carbonyl (C=O) groups excluding carboxylic acids is 2. The maximum Gasteiger partial charge on any atom is 0.224 e. The number of anilines is 2. The van der Waals surface area contributed by atoms with Gasteiger partial charge in [0.2, 0.25) is 5.91 Å². The molecule has 2 aromatic carbocycles. The van der Waals surface area contributed by atoms with E-state index in [1.165, 1.54) is 16.8 Å². The van der Waals surface area contributed by atoms with Gasteiger partial charge in [0.05, 0.1) is 0 Å². The van der Waals surface area contributed by atoms with Crippen molar-refractivity contribution in [2.45, 2.75) is 27.2 Å². The van der Waals surface area contributed by atoms with E-state index in [0.717, 1.165) is 31.9 Å². The Bertz CT molecular complexity index is 855. The predicted octanol–water partition coefficient (Wildman–Crippen LogP) is 3.66. The number of amides is 1. The molecule has 5 nitrogen and oxygen atoms in total. The number of hydrogen-bond donors (Lipinski definition) is 1. The standard InChI is InChI=1S/C23H29N3O2/c1-17-6-4-9-22(18(17)2)25-12-14-26(15-13-25)23(28)10-11-24-21-8-5-7-20(16-21)19(3)27/h4-9,16,24H,10-15H2,1-3H3. The summed E-state index contributed by atoms with van der Waals surface area (Å²) in [7, 11) is 0. The molecule has 0 unspecified atom stereocenters. The molecule has 5 heteroatoms. The Morgan fingerprint density at radius 2 is 1.71 bits per heavy atom. The third-order valence-corrected chi connectivity index (χ3v) is 5.49. The summed E-state index contributed by atoms with van der Waals surface area (Å²) in [6, 6.07) is 13.8. The van der Waals surface area contributed by atoms with Crippen LogP contribution in [0.25, 0.3) is 0 Å². The van der Waals surface area contributed by atoms with Gasteiger partial charge in [-0.15, -0.1) is 0 Å². The zero-order valence-electron chi connectivity index (χ0n) is 17.0. The second-order valence-electron chi connectivity index (χ2n) is 7.40. The molecule has 3 rings (SSSR count). The fourth-order valence-corrected chi connectivity index (χ4v) is 3.59. The van der Waals surface area contributed by atoms with Crippen LogP contribution in [0.1, 0.15) is 34.8 Å². The van der Waals surface area contributed by atoms with Crippen molar-refractivity contribution in [3.8, 4) is 0 Å². The summed E-state index contributed by atoms with van der Waals surface area (Å²) >= 11 is 0. The lowest BCUT2D eigenvalue weighted by atomic mass is 10.1. The monoisotopic (exact) mass is 379 g/mol. The van der Waals surface area contributed by atoms with Crippen molar-refractivity contribution in [2.75, 3.05) is 42.9 Å². The van der Waals surface area contributed by atoms with Gasteiger partial charge in [-0.2, -0.15) is 0 Å². The lowest BCUT2D eigenvalue weighted by molar-refractivity contribution is -0.131. The molecule has 28 heavy (non-hydrogen) atoms. The maximum absolute atomic E-state index is 12.5. The summed E-state index contributed by atoms with van der Waals surface area (Å²) in [5.74, 6) is 0.220. The van der Waals surface area contributed by atoms with E-state index >= 15 is 0 Å². The molecule has 2 aromatic rings. The molecular formula is C23H29N3O2. The second-order valence-corrected chi connectivity index (χ2v) is 7.40. The van der Waals surface area contributed by atoms with Crippen molar-refractivity contribution < 1.29 is 9.59 Å². The number of hydrogen-bond acceptors (Lipinski definition) is 4. The third-order valence-electron chi connectivity index (χ3n) is 5.49. The van der Waals surface area contributed by atoms with Gasteiger partial charge in [-0.05, 0) is 50.1 Å². The number of Topliss-reactive ketones (excluding diaryl/α,β-unsaturated/α-hetero) is 1. The van der Waals surface area contributed by atoms with Crippen LogP contribution in [0, 0.1) is 13.8 Å². The van der Waals surface area contributed by atoms with Crippen LogP contribution in [0.2, 0.25) is 0 Å². The number of ketones is 1. The summed E-state index contributed by atoms with van der Waals surface area (Å²) in [5.41, 5.74) is 5.45. The Kier molecular flexibility index (Phi) is 6.34. The maximum atomic E-state index is 12.5. The number of aryl methyl sites for hydroxylation is 1. The Labute approximate surface area is 167 Å². The average Bonchev–Trinajstić information content (AvgIpc) is 2.70. The lowest BCUT2D eigenvalue weighted by Gasteiger charge is -2.37. The molecule has 0 atom stereocenters. The van der Waals surface area contributed by atoms with Gasteiger partial charge in [-0.3, -0.25) is 9.59 Å². The summed E-state index contributed by atoms with van der Waals surface area (Å²) in [6.45, 7) is 9.66. The molecule has 1 aliphatic heterocycles. The molecule has 0 bridgehead atoms. The molecule has 1 amide bonds. The van der Waals surface area contributed by atoms with Crippen molar-refractivity contribution in [3.05, 3.63) is 59.2 Å². The van der Waals surface area contributed by atoms with Crippen LogP contribution in [0.15, 0.2) is 42.5 Å². The summed E-state index contributed by atoms with van der Waals surface area (Å²) in [4.78, 5) is 28.3. The van der Waals surface area contributed by atoms with Crippen molar-refractivity contribution >= 4 is 23.1 Å². The normalized spacial score (nSPS) is 14.1. The van der Waals surface area contributed by atoms with Crippen LogP contribution in [0.3, 0.4) is 0 Å². The van der Waals surface area contributed by atoms with E-state index in [1.54, 1.807) is 13.0 Å². The Hall–Kier alpha value is -2.82. The van der Waals surface area contributed by atoms with Crippen LogP contribution in [0.4, 0.5) is 11.4 Å². The Morgan fingerprint density at radius 1 is 1.00 bits per heavy atom. The van der Waals surface area contributed by atoms with E-state index in [4.69, 9.17) is 0 Å². The zero-order valence-corrected chi connectivity index (χ0v) is 17.0. The minimum Gasteiger partial charge on any atom is -0.385 e. The van der Waals surface area contributed by atoms with Crippen molar-refractivity contribution in [3.63, 3.8) is 0 Å². The van der Waals surface area contributed by atoms with E-state index in [-0.39, 0.29) is 11.7 Å². The second kappa shape index (κ2) is 8.91. The van der Waals surface area contributed by atoms with Gasteiger partial charge >= 0.3 is 0 Å². The Morgan fingerprint density at radius 3 is 2.43 bits per heavy atom. The van der Waals surface area contributed by atoms with Gasteiger partial charge in [0, 0.05) is 56.1 Å². The molecule has 0 saturated carbocycles. The molecule has 1 N–H and O–H groups in total. The van der Waals surface area contributed by atoms with Crippen molar-refractivity contribution in [1.29, 1.82) is 0 Å². The quantitative estimate of drug-likeness (QED) is 0.779. The van der Waals surface area contributed by atoms with Gasteiger partial charge < -0.3 is 15.1 Å². The van der Waals surface area contributed by atoms with Gasteiger partial charge in [0.1, 0.15) is 0 Å². The topological polar surface area (TPSA) is 52.7 Å². The molecule has 148 valence electrons. The first-order chi connectivity index (χ1) is 13.5. The van der Waals surface area contributed by atoms with Crippen LogP contribution < -0.4 is 10.2 Å². The van der Waals surface area contributed by atoms with Crippen LogP contribution in [0.5, 0.6) is 0 Å². The third kappa shape index (κ3) is 4.71. The molecule has 0 aliphatic carbocycles. The first-order valence-corrected chi connectivity index (χ1v) is 9.89. The van der Waals surface area contributed by atoms with E-state index in [0.29, 0.717) is 18.5 Å². The van der Waals surface area contributed by atoms with Crippen LogP contribution in [-0.2, 0) is 4.79 Å². The predicted molar refractivity (Wildman–Crippen MR) is 114 cm³/mol. The highest BCUT2D eigenvalue weighted by atomic mass is 16.2. The lowest BCUT2D eigenvalue weighted by Crippen LogP contribution is -2.49. The fraction of sp³-hybridized carbons (Fsp3) is 0.391. The molecule has 1 heterocycles. The molecule has 0 spiro atoms. The first kappa shape index (κ1) is 19.9. The fourth-order valence-electron chi connectivity index (χ4n) is 3.59. The minimum atomic E-state index is 0.0430. The number of rotatable bonds is 6. The molecule has 0 radical (unpaired) electrons. The minimum absolute atomic E-state index is 0.0430. The van der Waals surface area contributed by atoms with E-state index < -0.39 is 0 Å². The van der Waals surface area contributed by atoms with Crippen molar-refractivity contribution in [1.82, 2.24) is 4.90 Å². The highest BCUT2D eigenvalue weighted by Gasteiger charge is 2.22. The van der Waals surface area contributed by atoms with Gasteiger partial charge in [-0.1, -0.05) is 24.3 Å². The molecular weight excluding hydrogens is 350 g/mol. The number of piperazine rings is 1. The number of carbonyl (C=O) groups is 2. The number of nitrogens with one attached hydrogen (secondary N) is 1. The highest BCUT2D eigenvalue weighted by Crippen LogP contribution is 2.24. The van der Waals surface area contributed by atoms with Crippen molar-refractivity contribution in [2.24, 2.45) is 0 Å². The summed E-state index contributed by atoms with van der Waals surface area (Å²) < 4.78 is 0. The average molecular weight is 380 g/mol. The number of benzene rings is 2. The van der Waals surface area contributed by atoms with Gasteiger partial charge in [0.25, 0.3) is 0 Å². The number of nitrogens with zero attached hydrogens (tertiary/aromatic N) is 2. The molecule has 1 fully saturated rings. The smallest absolute Gasteiger partial charge is 0.224 e. The SMILES string of the molecule is CC(=O)c1cccc(NCCC(=O)N2CCN(c3cccc(C)c3C)CC2)c1. The summed E-state index contributed by atoms with van der Waals surface area (Å²) in [5, 5.41) is 3.25. The molecule has 1 saturated heterocycles. The highest BCUT2D eigenvalue weighted by molar-refractivity contribution is 5.94. The summed E-state index contributed by atoms with van der Waals surface area (Å²) in [6.07, 6.45) is 0.452. The van der Waals surface area contributed by atoms with E-state index in [9.17, 15) is 9.59 Å². The largest absolute Gasteiger partial charge is 0.385 e. The Balaban J connectivity index is 1.47.